The Hall–Kier alpha value is -1.71. The van der Waals surface area contributed by atoms with Crippen LogP contribution in [0.1, 0.15) is 18.1 Å². The number of fused-ring (bicyclic) bond motifs is 1. The highest BCUT2D eigenvalue weighted by molar-refractivity contribution is 5.70. The van der Waals surface area contributed by atoms with Crippen LogP contribution in [0.2, 0.25) is 0 Å². The molecule has 4 nitrogen and oxygen atoms in total. The predicted molar refractivity (Wildman–Crippen MR) is 57.8 cm³/mol. The van der Waals surface area contributed by atoms with Crippen molar-refractivity contribution in [3.8, 4) is 11.5 Å². The van der Waals surface area contributed by atoms with E-state index in [1.165, 1.54) is 0 Å². The maximum atomic E-state index is 10.8. The first kappa shape index (κ1) is 10.8. The van der Waals surface area contributed by atoms with Gasteiger partial charge in [0.2, 0.25) is 0 Å². The van der Waals surface area contributed by atoms with E-state index in [0.717, 1.165) is 11.1 Å². The summed E-state index contributed by atoms with van der Waals surface area (Å²) in [6.07, 6.45) is 0.199. The van der Waals surface area contributed by atoms with Crippen molar-refractivity contribution in [3.05, 3.63) is 23.3 Å². The Kier molecular flexibility index (Phi) is 2.50. The number of phenolic OH excluding ortho intramolecular Hbond substituents is 1. The molecule has 0 aliphatic carbocycles. The van der Waals surface area contributed by atoms with Gasteiger partial charge in [0.25, 0.3) is 0 Å². The number of aryl methyl sites for hydroxylation is 1. The van der Waals surface area contributed by atoms with Crippen molar-refractivity contribution in [2.45, 2.75) is 26.4 Å². The Morgan fingerprint density at radius 3 is 2.88 bits per heavy atom. The van der Waals surface area contributed by atoms with Crippen LogP contribution in [-0.4, -0.2) is 22.3 Å². The number of hydrogen-bond acceptors (Lipinski definition) is 3. The quantitative estimate of drug-likeness (QED) is 0.799. The second-order valence-electron chi connectivity index (χ2n) is 4.23. The average molecular weight is 222 g/mol. The zero-order valence-electron chi connectivity index (χ0n) is 9.23. The number of phenols is 1. The summed E-state index contributed by atoms with van der Waals surface area (Å²) in [6.45, 7) is 3.42. The Labute approximate surface area is 93.5 Å². The van der Waals surface area contributed by atoms with Crippen molar-refractivity contribution in [2.75, 3.05) is 0 Å². The number of ether oxygens (including phenoxy) is 1. The number of carboxylic acids is 1. The fraction of sp³-hybridized carbons (Fsp3) is 0.417. The molecule has 0 radical (unpaired) electrons. The number of carboxylic acid groups (broad SMARTS) is 1. The number of carbonyl (C=O) groups is 1. The molecule has 2 atom stereocenters. The highest BCUT2D eigenvalue weighted by Gasteiger charge is 2.32. The maximum Gasteiger partial charge on any atom is 0.309 e. The lowest BCUT2D eigenvalue weighted by Crippen LogP contribution is -2.29. The summed E-state index contributed by atoms with van der Waals surface area (Å²) in [6, 6.07) is 3.40. The van der Waals surface area contributed by atoms with Crippen LogP contribution in [0.3, 0.4) is 0 Å². The van der Waals surface area contributed by atoms with Gasteiger partial charge in [-0.3, -0.25) is 4.79 Å². The third-order valence-electron chi connectivity index (χ3n) is 3.03. The first-order valence-electron chi connectivity index (χ1n) is 5.21. The van der Waals surface area contributed by atoms with E-state index < -0.39 is 11.9 Å². The van der Waals surface area contributed by atoms with E-state index >= 15 is 0 Å². The number of aromatic hydroxyl groups is 1. The molecule has 2 N–H and O–H groups in total. The van der Waals surface area contributed by atoms with Crippen molar-refractivity contribution >= 4 is 5.97 Å². The van der Waals surface area contributed by atoms with Gasteiger partial charge in [-0.15, -0.1) is 0 Å². The van der Waals surface area contributed by atoms with E-state index in [1.54, 1.807) is 26.0 Å². The smallest absolute Gasteiger partial charge is 0.309 e. The van der Waals surface area contributed by atoms with Crippen LogP contribution < -0.4 is 4.74 Å². The average Bonchev–Trinajstić information content (AvgIpc) is 2.60. The molecule has 16 heavy (non-hydrogen) atoms. The SMILES string of the molecule is Cc1cc2c(cc1O)CC(C(C)C(=O)O)O2. The largest absolute Gasteiger partial charge is 0.508 e. The van der Waals surface area contributed by atoms with Crippen molar-refractivity contribution in [1.82, 2.24) is 0 Å². The van der Waals surface area contributed by atoms with E-state index in [9.17, 15) is 9.90 Å². The second-order valence-corrected chi connectivity index (χ2v) is 4.23. The van der Waals surface area contributed by atoms with E-state index in [-0.39, 0.29) is 11.9 Å². The highest BCUT2D eigenvalue weighted by atomic mass is 16.5. The minimum Gasteiger partial charge on any atom is -0.508 e. The molecule has 0 aromatic heterocycles. The normalized spacial score (nSPS) is 20.0. The van der Waals surface area contributed by atoms with Crippen LogP contribution in [0, 0.1) is 12.8 Å². The van der Waals surface area contributed by atoms with Crippen LogP contribution in [0.15, 0.2) is 12.1 Å². The third kappa shape index (κ3) is 1.71. The Morgan fingerprint density at radius 1 is 1.56 bits per heavy atom. The van der Waals surface area contributed by atoms with Crippen LogP contribution in [0.25, 0.3) is 0 Å². The van der Waals surface area contributed by atoms with Gasteiger partial charge in [-0.25, -0.2) is 0 Å². The molecule has 0 saturated heterocycles. The number of rotatable bonds is 2. The molecule has 0 amide bonds. The first-order valence-corrected chi connectivity index (χ1v) is 5.21. The summed E-state index contributed by atoms with van der Waals surface area (Å²) in [4.78, 5) is 10.8. The maximum absolute atomic E-state index is 10.8. The summed E-state index contributed by atoms with van der Waals surface area (Å²) >= 11 is 0. The molecule has 4 heteroatoms. The number of hydrogen-bond donors (Lipinski definition) is 2. The number of aliphatic carboxylic acids is 1. The molecule has 86 valence electrons. The lowest BCUT2D eigenvalue weighted by Gasteiger charge is -2.14. The molecular formula is C12H14O4. The fourth-order valence-electron chi connectivity index (χ4n) is 1.84. The zero-order valence-corrected chi connectivity index (χ0v) is 9.23. The molecule has 1 aliphatic rings. The van der Waals surface area contributed by atoms with Gasteiger partial charge in [0.05, 0.1) is 5.92 Å². The second kappa shape index (κ2) is 3.70. The summed E-state index contributed by atoms with van der Waals surface area (Å²) < 4.78 is 5.57. The van der Waals surface area contributed by atoms with Crippen LogP contribution in [0.4, 0.5) is 0 Å². The van der Waals surface area contributed by atoms with Gasteiger partial charge in [-0.05, 0) is 31.5 Å². The fourth-order valence-corrected chi connectivity index (χ4v) is 1.84. The standard InChI is InChI=1S/C12H14O4/c1-6-3-11-8(4-9(6)13)5-10(16-11)7(2)12(14)15/h3-4,7,10,13H,5H2,1-2H3,(H,14,15). The molecule has 1 aliphatic heterocycles. The van der Waals surface area contributed by atoms with Gasteiger partial charge in [0, 0.05) is 12.0 Å². The van der Waals surface area contributed by atoms with Gasteiger partial charge >= 0.3 is 5.97 Å². The van der Waals surface area contributed by atoms with Gasteiger partial charge in [-0.1, -0.05) is 0 Å². The highest BCUT2D eigenvalue weighted by Crippen LogP contribution is 2.36. The van der Waals surface area contributed by atoms with Crippen LogP contribution >= 0.6 is 0 Å². The molecule has 0 spiro atoms. The van der Waals surface area contributed by atoms with E-state index in [1.807, 2.05) is 0 Å². The van der Waals surface area contributed by atoms with Gasteiger partial charge in [0.15, 0.2) is 0 Å². The predicted octanol–water partition coefficient (Wildman–Crippen LogP) is 1.72. The van der Waals surface area contributed by atoms with Gasteiger partial charge in [0.1, 0.15) is 17.6 Å². The monoisotopic (exact) mass is 222 g/mol. The van der Waals surface area contributed by atoms with E-state index in [0.29, 0.717) is 12.2 Å². The molecule has 2 rings (SSSR count). The van der Waals surface area contributed by atoms with E-state index in [2.05, 4.69) is 0 Å². The van der Waals surface area contributed by atoms with Crippen molar-refractivity contribution in [1.29, 1.82) is 0 Å². The molecule has 1 aromatic carbocycles. The third-order valence-corrected chi connectivity index (χ3v) is 3.03. The summed E-state index contributed by atoms with van der Waals surface area (Å²) in [5.41, 5.74) is 1.61. The lowest BCUT2D eigenvalue weighted by molar-refractivity contribution is -0.143. The lowest BCUT2D eigenvalue weighted by atomic mass is 9.99. The molecule has 0 fully saturated rings. The molecule has 1 aromatic rings. The zero-order chi connectivity index (χ0) is 11.9. The Bertz CT molecular complexity index is 408. The molecule has 1 heterocycles. The molecule has 0 bridgehead atoms. The van der Waals surface area contributed by atoms with Crippen molar-refractivity contribution in [3.63, 3.8) is 0 Å². The minimum absolute atomic E-state index is 0.228. The molecular weight excluding hydrogens is 208 g/mol. The summed E-state index contributed by atoms with van der Waals surface area (Å²) in [5, 5.41) is 18.4. The Morgan fingerprint density at radius 2 is 2.25 bits per heavy atom. The van der Waals surface area contributed by atoms with Gasteiger partial charge in [-0.2, -0.15) is 0 Å². The van der Waals surface area contributed by atoms with Gasteiger partial charge < -0.3 is 14.9 Å². The van der Waals surface area contributed by atoms with Crippen LogP contribution in [0.5, 0.6) is 11.5 Å². The van der Waals surface area contributed by atoms with Crippen LogP contribution in [-0.2, 0) is 11.2 Å². The summed E-state index contributed by atoms with van der Waals surface area (Å²) in [5.74, 6) is -0.493. The van der Waals surface area contributed by atoms with E-state index in [4.69, 9.17) is 9.84 Å². The molecule has 2 unspecified atom stereocenters. The van der Waals surface area contributed by atoms with Crippen molar-refractivity contribution < 1.29 is 19.7 Å². The molecule has 0 saturated carbocycles. The Balaban J connectivity index is 2.24. The minimum atomic E-state index is -0.862. The summed E-state index contributed by atoms with van der Waals surface area (Å²) in [7, 11) is 0. The number of benzene rings is 1. The van der Waals surface area contributed by atoms with Crippen molar-refractivity contribution in [2.24, 2.45) is 5.92 Å². The first-order chi connectivity index (χ1) is 7.49. The topological polar surface area (TPSA) is 66.8 Å².